The molecule has 0 aliphatic carbocycles. The molecule has 3 heteroatoms. The Morgan fingerprint density at radius 3 is 1.19 bits per heavy atom. The third-order valence-electron chi connectivity index (χ3n) is 5.16. The molecule has 0 atom stereocenters. The molecular weight excluding hydrogens is 279 g/mol. The summed E-state index contributed by atoms with van der Waals surface area (Å²) in [5.74, 6) is -0.535. The first-order valence-electron chi connectivity index (χ1n) is 9.19. The molecule has 1 N–H and O–H groups in total. The van der Waals surface area contributed by atoms with Gasteiger partial charge in [-0.05, 0) is 0 Å². The first kappa shape index (κ1) is 20.9. The van der Waals surface area contributed by atoms with Gasteiger partial charge in [0.1, 0.15) is 0 Å². The van der Waals surface area contributed by atoms with E-state index >= 15 is 0 Å². The Bertz CT molecular complexity index is 245. The fraction of sp³-hybridized carbons (Fsp3) is 0.944. The van der Waals surface area contributed by atoms with Gasteiger partial charge in [-0.2, -0.15) is 0 Å². The van der Waals surface area contributed by atoms with Crippen LogP contribution in [0.25, 0.3) is 0 Å². The SMILES string of the molecule is CCCCP(CCCC)(CCCC)(CCCC)CC(=O)O. The Hall–Kier alpha value is -0.100. The van der Waals surface area contributed by atoms with Crippen LogP contribution in [0.3, 0.4) is 0 Å². The van der Waals surface area contributed by atoms with Gasteiger partial charge < -0.3 is 0 Å². The van der Waals surface area contributed by atoms with E-state index in [2.05, 4.69) is 27.7 Å². The molecule has 0 amide bonds. The van der Waals surface area contributed by atoms with Gasteiger partial charge in [0.2, 0.25) is 0 Å². The van der Waals surface area contributed by atoms with Crippen LogP contribution in [0.4, 0.5) is 0 Å². The Morgan fingerprint density at radius 2 is 1.00 bits per heavy atom. The summed E-state index contributed by atoms with van der Waals surface area (Å²) in [7, 11) is 0. The number of aliphatic carboxylic acids is 1. The van der Waals surface area contributed by atoms with Crippen LogP contribution >= 0.6 is 6.60 Å². The van der Waals surface area contributed by atoms with Crippen molar-refractivity contribution in [1.82, 2.24) is 0 Å². The summed E-state index contributed by atoms with van der Waals surface area (Å²) in [4.78, 5) is 11.7. The van der Waals surface area contributed by atoms with Gasteiger partial charge in [-0.1, -0.05) is 0 Å². The first-order valence-corrected chi connectivity index (χ1v) is 12.4. The molecule has 0 aliphatic rings. The molecule has 2 nitrogen and oxygen atoms in total. The second kappa shape index (κ2) is 10.6. The van der Waals surface area contributed by atoms with Gasteiger partial charge in [0.15, 0.2) is 0 Å². The molecule has 0 fully saturated rings. The predicted octanol–water partition coefficient (Wildman–Crippen LogP) is 5.82. The minimum absolute atomic E-state index is 0.506. The molecule has 0 spiro atoms. The molecule has 0 aliphatic heterocycles. The molecule has 0 saturated carbocycles. The van der Waals surface area contributed by atoms with Crippen molar-refractivity contribution in [2.45, 2.75) is 79.1 Å². The van der Waals surface area contributed by atoms with Crippen molar-refractivity contribution >= 4 is 12.6 Å². The van der Waals surface area contributed by atoms with E-state index < -0.39 is 12.6 Å². The Kier molecular flexibility index (Phi) is 10.5. The number of carboxylic acids is 1. The van der Waals surface area contributed by atoms with Gasteiger partial charge in [0.25, 0.3) is 0 Å². The molecule has 0 bridgehead atoms. The summed E-state index contributed by atoms with van der Waals surface area (Å²) >= 11 is 0. The average molecular weight is 318 g/mol. The Balaban J connectivity index is 5.50. The average Bonchev–Trinajstić information content (AvgIpc) is 2.47. The Labute approximate surface area is 133 Å². The molecule has 21 heavy (non-hydrogen) atoms. The van der Waals surface area contributed by atoms with Crippen LogP contribution in [0.1, 0.15) is 79.1 Å². The topological polar surface area (TPSA) is 37.3 Å². The van der Waals surface area contributed by atoms with E-state index in [1.165, 1.54) is 76.0 Å². The molecule has 0 aromatic rings. The molecule has 0 saturated heterocycles. The fourth-order valence-corrected chi connectivity index (χ4v) is 11.4. The maximum atomic E-state index is 11.7. The zero-order valence-corrected chi connectivity index (χ0v) is 15.9. The minimum atomic E-state index is -2.08. The molecular formula is C18H39O2P. The van der Waals surface area contributed by atoms with E-state index in [1.807, 2.05) is 0 Å². The van der Waals surface area contributed by atoms with Gasteiger partial charge in [0.05, 0.1) is 0 Å². The van der Waals surface area contributed by atoms with E-state index in [9.17, 15) is 9.90 Å². The van der Waals surface area contributed by atoms with Crippen molar-refractivity contribution in [1.29, 1.82) is 0 Å². The van der Waals surface area contributed by atoms with Crippen molar-refractivity contribution in [3.05, 3.63) is 0 Å². The summed E-state index contributed by atoms with van der Waals surface area (Å²) in [5, 5.41) is 9.64. The van der Waals surface area contributed by atoms with Crippen LogP contribution < -0.4 is 0 Å². The number of carboxylic acid groups (broad SMARTS) is 1. The quantitative estimate of drug-likeness (QED) is 0.409. The normalized spacial score (nSPS) is 13.8. The Morgan fingerprint density at radius 1 is 0.714 bits per heavy atom. The van der Waals surface area contributed by atoms with E-state index in [0.717, 1.165) is 0 Å². The van der Waals surface area contributed by atoms with Crippen molar-refractivity contribution in [3.8, 4) is 0 Å². The van der Waals surface area contributed by atoms with E-state index in [1.54, 1.807) is 0 Å². The van der Waals surface area contributed by atoms with Crippen molar-refractivity contribution in [3.63, 3.8) is 0 Å². The third kappa shape index (κ3) is 7.13. The van der Waals surface area contributed by atoms with Gasteiger partial charge in [-0.15, -0.1) is 0 Å². The van der Waals surface area contributed by atoms with Crippen molar-refractivity contribution in [2.24, 2.45) is 0 Å². The van der Waals surface area contributed by atoms with Crippen LogP contribution in [-0.2, 0) is 4.79 Å². The monoisotopic (exact) mass is 318 g/mol. The van der Waals surface area contributed by atoms with Gasteiger partial charge in [-0.25, -0.2) is 0 Å². The number of unbranched alkanes of at least 4 members (excludes halogenated alkanes) is 4. The summed E-state index contributed by atoms with van der Waals surface area (Å²) < 4.78 is 0. The third-order valence-corrected chi connectivity index (χ3v) is 12.6. The first-order chi connectivity index (χ1) is 9.97. The molecule has 0 unspecified atom stereocenters. The molecule has 0 rings (SSSR count). The van der Waals surface area contributed by atoms with Crippen LogP contribution in [-0.4, -0.2) is 41.9 Å². The zero-order chi connectivity index (χ0) is 16.2. The second-order valence-corrected chi connectivity index (χ2v) is 13.7. The summed E-state index contributed by atoms with van der Waals surface area (Å²) in [6.07, 6.45) is 15.1. The molecule has 0 heterocycles. The van der Waals surface area contributed by atoms with Gasteiger partial charge >= 0.3 is 132 Å². The summed E-state index contributed by atoms with van der Waals surface area (Å²) in [6, 6.07) is 0. The fourth-order valence-electron chi connectivity index (χ4n) is 3.79. The summed E-state index contributed by atoms with van der Waals surface area (Å²) in [6.45, 7) is 6.89. The predicted molar refractivity (Wildman–Crippen MR) is 98.5 cm³/mol. The number of hydrogen-bond acceptors (Lipinski definition) is 1. The molecule has 128 valence electrons. The standard InChI is InChI=1S/C18H39O2P/c1-5-9-13-21(14-10-6-2,15-11-7-3,16-12-8-4)17-18(19)20/h5-17H2,1-4H3,(H,19,20). The molecule has 0 radical (unpaired) electrons. The summed E-state index contributed by atoms with van der Waals surface area (Å²) in [5.41, 5.74) is 0. The van der Waals surface area contributed by atoms with E-state index in [-0.39, 0.29) is 0 Å². The van der Waals surface area contributed by atoms with E-state index in [4.69, 9.17) is 0 Å². The number of rotatable bonds is 14. The van der Waals surface area contributed by atoms with Gasteiger partial charge in [0, 0.05) is 0 Å². The molecule has 0 aromatic carbocycles. The zero-order valence-electron chi connectivity index (χ0n) is 15.0. The second-order valence-electron chi connectivity index (χ2n) is 7.10. The van der Waals surface area contributed by atoms with E-state index in [0.29, 0.717) is 6.16 Å². The van der Waals surface area contributed by atoms with Crippen molar-refractivity contribution in [2.75, 3.05) is 30.8 Å². The van der Waals surface area contributed by atoms with Crippen molar-refractivity contribution < 1.29 is 9.90 Å². The van der Waals surface area contributed by atoms with Gasteiger partial charge in [-0.3, -0.25) is 0 Å². The molecule has 0 aromatic heterocycles. The van der Waals surface area contributed by atoms with Crippen LogP contribution in [0.15, 0.2) is 0 Å². The van der Waals surface area contributed by atoms with Crippen LogP contribution in [0, 0.1) is 0 Å². The number of hydrogen-bond donors (Lipinski definition) is 1. The maximum absolute atomic E-state index is 11.7. The number of carbonyl (C=O) groups is 1. The van der Waals surface area contributed by atoms with Crippen LogP contribution in [0.2, 0.25) is 0 Å². The van der Waals surface area contributed by atoms with Crippen LogP contribution in [0.5, 0.6) is 0 Å².